The summed E-state index contributed by atoms with van der Waals surface area (Å²) in [6.07, 6.45) is 1.96. The Kier molecular flexibility index (Phi) is 3.65. The van der Waals surface area contributed by atoms with E-state index in [-0.39, 0.29) is 17.9 Å². The maximum absolute atomic E-state index is 12.0. The lowest BCUT2D eigenvalue weighted by atomic mass is 9.88. The van der Waals surface area contributed by atoms with Crippen molar-refractivity contribution in [1.29, 1.82) is 0 Å². The van der Waals surface area contributed by atoms with Crippen molar-refractivity contribution in [1.82, 2.24) is 10.2 Å². The highest BCUT2D eigenvalue weighted by atomic mass is 32.2. The summed E-state index contributed by atoms with van der Waals surface area (Å²) in [4.78, 5) is 24.9. The van der Waals surface area contributed by atoms with Gasteiger partial charge in [-0.05, 0) is 19.1 Å². The van der Waals surface area contributed by atoms with E-state index in [9.17, 15) is 9.59 Å². The van der Waals surface area contributed by atoms with E-state index in [0.29, 0.717) is 6.54 Å². The number of carbonyl (C=O) groups excluding carboxylic acids is 2. The molecule has 86 valence electrons. The number of amides is 3. The summed E-state index contributed by atoms with van der Waals surface area (Å²) in [6.45, 7) is 6.16. The van der Waals surface area contributed by atoms with Gasteiger partial charge in [0.1, 0.15) is 5.54 Å². The van der Waals surface area contributed by atoms with Gasteiger partial charge in [0.25, 0.3) is 5.91 Å². The maximum Gasteiger partial charge on any atom is 0.325 e. The molecule has 1 heterocycles. The molecule has 5 heteroatoms. The number of urea groups is 1. The molecule has 1 aliphatic rings. The third-order valence-corrected chi connectivity index (χ3v) is 3.57. The van der Waals surface area contributed by atoms with Crippen LogP contribution in [0.3, 0.4) is 0 Å². The smallest absolute Gasteiger partial charge is 0.323 e. The van der Waals surface area contributed by atoms with E-state index >= 15 is 0 Å². The predicted octanol–water partition coefficient (Wildman–Crippen LogP) is 1.32. The minimum atomic E-state index is -0.727. The number of imide groups is 1. The first-order chi connectivity index (χ1) is 6.93. The molecular weight excluding hydrogens is 212 g/mol. The molecule has 0 radical (unpaired) electrons. The van der Waals surface area contributed by atoms with Crippen LogP contribution in [0, 0.1) is 5.92 Å². The van der Waals surface area contributed by atoms with Gasteiger partial charge >= 0.3 is 6.03 Å². The first kappa shape index (κ1) is 12.4. The molecule has 0 bridgehead atoms. The molecule has 15 heavy (non-hydrogen) atoms. The Morgan fingerprint density at radius 1 is 1.47 bits per heavy atom. The molecular formula is C10H18N2O2S. The monoisotopic (exact) mass is 230 g/mol. The van der Waals surface area contributed by atoms with Gasteiger partial charge < -0.3 is 5.32 Å². The molecule has 1 rings (SSSR count). The summed E-state index contributed by atoms with van der Waals surface area (Å²) in [7, 11) is 0. The minimum Gasteiger partial charge on any atom is -0.323 e. The van der Waals surface area contributed by atoms with Crippen LogP contribution in [0.15, 0.2) is 0 Å². The molecule has 4 nitrogen and oxygen atoms in total. The average molecular weight is 230 g/mol. The molecule has 0 aromatic carbocycles. The van der Waals surface area contributed by atoms with E-state index < -0.39 is 5.54 Å². The van der Waals surface area contributed by atoms with E-state index in [2.05, 4.69) is 5.32 Å². The van der Waals surface area contributed by atoms with Crippen LogP contribution < -0.4 is 5.32 Å². The van der Waals surface area contributed by atoms with Crippen LogP contribution in [0.1, 0.15) is 20.8 Å². The van der Waals surface area contributed by atoms with Crippen molar-refractivity contribution in [3.05, 3.63) is 0 Å². The van der Waals surface area contributed by atoms with Gasteiger partial charge in [-0.3, -0.25) is 9.69 Å². The Labute approximate surface area is 94.8 Å². The fourth-order valence-corrected chi connectivity index (χ4v) is 1.86. The average Bonchev–Trinajstić information content (AvgIpc) is 2.37. The van der Waals surface area contributed by atoms with E-state index in [1.54, 1.807) is 18.7 Å². The summed E-state index contributed by atoms with van der Waals surface area (Å²) < 4.78 is 0. The molecule has 0 aliphatic carbocycles. The summed E-state index contributed by atoms with van der Waals surface area (Å²) in [5, 5.41) is 2.77. The van der Waals surface area contributed by atoms with Crippen molar-refractivity contribution in [2.24, 2.45) is 5.92 Å². The summed E-state index contributed by atoms with van der Waals surface area (Å²) in [6, 6.07) is -0.259. The van der Waals surface area contributed by atoms with Crippen LogP contribution in [0.4, 0.5) is 4.79 Å². The number of hydrogen-bond acceptors (Lipinski definition) is 3. The molecule has 1 N–H and O–H groups in total. The molecule has 0 aromatic heterocycles. The highest BCUT2D eigenvalue weighted by Gasteiger charge is 2.49. The van der Waals surface area contributed by atoms with Gasteiger partial charge in [0.15, 0.2) is 0 Å². The third-order valence-electron chi connectivity index (χ3n) is 2.97. The van der Waals surface area contributed by atoms with Crippen molar-refractivity contribution in [3.8, 4) is 0 Å². The zero-order valence-electron chi connectivity index (χ0n) is 9.66. The summed E-state index contributed by atoms with van der Waals surface area (Å²) in [5.41, 5.74) is -0.727. The number of carbonyl (C=O) groups is 2. The van der Waals surface area contributed by atoms with Crippen LogP contribution >= 0.6 is 11.8 Å². The van der Waals surface area contributed by atoms with E-state index in [4.69, 9.17) is 0 Å². The second-order valence-electron chi connectivity index (χ2n) is 4.24. The van der Waals surface area contributed by atoms with Crippen LogP contribution in [0.25, 0.3) is 0 Å². The fourth-order valence-electron chi connectivity index (χ4n) is 1.49. The zero-order chi connectivity index (χ0) is 11.6. The van der Waals surface area contributed by atoms with Crippen molar-refractivity contribution in [3.63, 3.8) is 0 Å². The lowest BCUT2D eigenvalue weighted by Crippen LogP contribution is -2.48. The minimum absolute atomic E-state index is 0.100. The van der Waals surface area contributed by atoms with Gasteiger partial charge in [0.2, 0.25) is 0 Å². The van der Waals surface area contributed by atoms with Crippen molar-refractivity contribution < 1.29 is 9.59 Å². The van der Waals surface area contributed by atoms with Crippen molar-refractivity contribution >= 4 is 23.7 Å². The molecule has 0 unspecified atom stereocenters. The second kappa shape index (κ2) is 4.43. The van der Waals surface area contributed by atoms with Crippen LogP contribution in [-0.2, 0) is 4.79 Å². The zero-order valence-corrected chi connectivity index (χ0v) is 10.5. The standard InChI is InChI=1S/C10H18N2O2S/c1-7(2)10(3)8(13)12(5-6-15-4)9(14)11-10/h7H,5-6H2,1-4H3,(H,11,14)/t10-/m1/s1. The molecule has 3 amide bonds. The molecule has 1 atom stereocenters. The number of hydrogen-bond donors (Lipinski definition) is 1. The van der Waals surface area contributed by atoms with Gasteiger partial charge in [0.05, 0.1) is 0 Å². The van der Waals surface area contributed by atoms with Gasteiger partial charge in [-0.2, -0.15) is 11.8 Å². The first-order valence-electron chi connectivity index (χ1n) is 5.06. The normalized spacial score (nSPS) is 26.3. The van der Waals surface area contributed by atoms with Crippen LogP contribution in [-0.4, -0.2) is 40.9 Å². The number of rotatable bonds is 4. The third kappa shape index (κ3) is 2.12. The van der Waals surface area contributed by atoms with Gasteiger partial charge in [0, 0.05) is 12.3 Å². The van der Waals surface area contributed by atoms with Gasteiger partial charge in [-0.25, -0.2) is 4.79 Å². The molecule has 1 fully saturated rings. The highest BCUT2D eigenvalue weighted by molar-refractivity contribution is 7.98. The van der Waals surface area contributed by atoms with E-state index in [0.717, 1.165) is 5.75 Å². The lowest BCUT2D eigenvalue weighted by Gasteiger charge is -2.25. The summed E-state index contributed by atoms with van der Waals surface area (Å²) >= 11 is 1.63. The quantitative estimate of drug-likeness (QED) is 0.741. The van der Waals surface area contributed by atoms with Crippen molar-refractivity contribution in [2.75, 3.05) is 18.6 Å². The second-order valence-corrected chi connectivity index (χ2v) is 5.22. The molecule has 0 aromatic rings. The lowest BCUT2D eigenvalue weighted by molar-refractivity contribution is -0.131. The number of nitrogens with zero attached hydrogens (tertiary/aromatic N) is 1. The first-order valence-corrected chi connectivity index (χ1v) is 6.46. The Balaban J connectivity index is 2.79. The Morgan fingerprint density at radius 2 is 2.07 bits per heavy atom. The highest BCUT2D eigenvalue weighted by Crippen LogP contribution is 2.25. The number of nitrogens with one attached hydrogen (secondary N) is 1. The fraction of sp³-hybridized carbons (Fsp3) is 0.800. The van der Waals surface area contributed by atoms with Crippen LogP contribution in [0.2, 0.25) is 0 Å². The molecule has 1 saturated heterocycles. The topological polar surface area (TPSA) is 49.4 Å². The Morgan fingerprint density at radius 3 is 2.47 bits per heavy atom. The van der Waals surface area contributed by atoms with E-state index in [1.807, 2.05) is 20.1 Å². The predicted molar refractivity (Wildman–Crippen MR) is 61.9 cm³/mol. The largest absolute Gasteiger partial charge is 0.325 e. The van der Waals surface area contributed by atoms with Crippen LogP contribution in [0.5, 0.6) is 0 Å². The number of thioether (sulfide) groups is 1. The maximum atomic E-state index is 12.0. The molecule has 1 aliphatic heterocycles. The molecule has 0 spiro atoms. The Bertz CT molecular complexity index is 281. The van der Waals surface area contributed by atoms with Gasteiger partial charge in [-0.1, -0.05) is 13.8 Å². The Hall–Kier alpha value is -0.710. The summed E-state index contributed by atoms with van der Waals surface area (Å²) in [5.74, 6) is 0.789. The van der Waals surface area contributed by atoms with Crippen molar-refractivity contribution in [2.45, 2.75) is 26.3 Å². The van der Waals surface area contributed by atoms with Gasteiger partial charge in [-0.15, -0.1) is 0 Å². The van der Waals surface area contributed by atoms with E-state index in [1.165, 1.54) is 4.90 Å². The molecule has 0 saturated carbocycles. The SMILES string of the molecule is CSCCN1C(=O)N[C@](C)(C(C)C)C1=O.